The number of piperidine rings is 1. The predicted octanol–water partition coefficient (Wildman–Crippen LogP) is 3.22. The quantitative estimate of drug-likeness (QED) is 0.762. The van der Waals surface area contributed by atoms with Crippen molar-refractivity contribution in [3.63, 3.8) is 0 Å². The van der Waals surface area contributed by atoms with Crippen LogP contribution in [0.3, 0.4) is 0 Å². The minimum absolute atomic E-state index is 0.157. The summed E-state index contributed by atoms with van der Waals surface area (Å²) in [5, 5.41) is 4.86. The van der Waals surface area contributed by atoms with Crippen molar-refractivity contribution in [3.05, 3.63) is 47.6 Å². The van der Waals surface area contributed by atoms with Gasteiger partial charge in [-0.1, -0.05) is 37.2 Å². The normalized spacial score (nSPS) is 17.6. The Morgan fingerprint density at radius 2 is 2.11 bits per heavy atom. The maximum absolute atomic E-state index is 11.9. The number of hydrogen-bond donors (Lipinski definition) is 1. The lowest BCUT2D eigenvalue weighted by Crippen LogP contribution is -2.35. The molecule has 4 rings (SSSR count). The summed E-state index contributed by atoms with van der Waals surface area (Å²) in [5.41, 5.74) is 6.88. The van der Waals surface area contributed by atoms with E-state index in [9.17, 15) is 4.79 Å². The van der Waals surface area contributed by atoms with Crippen LogP contribution < -0.4 is 10.6 Å². The zero-order valence-corrected chi connectivity index (χ0v) is 15.6. The molecule has 1 fully saturated rings. The van der Waals surface area contributed by atoms with E-state index in [0.717, 1.165) is 48.5 Å². The molecule has 1 amide bonds. The third-order valence-electron chi connectivity index (χ3n) is 5.04. The molecule has 2 N–H and O–H groups in total. The van der Waals surface area contributed by atoms with Gasteiger partial charge in [-0.2, -0.15) is 4.98 Å². The minimum atomic E-state index is -0.443. The summed E-state index contributed by atoms with van der Waals surface area (Å²) in [6.45, 7) is 5.69. The molecule has 1 aromatic carbocycles. The molecule has 140 valence electrons. The third kappa shape index (κ3) is 3.37. The summed E-state index contributed by atoms with van der Waals surface area (Å²) >= 11 is 0. The van der Waals surface area contributed by atoms with Gasteiger partial charge in [-0.25, -0.2) is 4.98 Å². The second kappa shape index (κ2) is 6.98. The first-order valence-electron chi connectivity index (χ1n) is 9.31. The van der Waals surface area contributed by atoms with Crippen LogP contribution in [0.25, 0.3) is 10.9 Å². The van der Waals surface area contributed by atoms with Crippen molar-refractivity contribution >= 4 is 22.6 Å². The number of primary amides is 1. The molecule has 0 radical (unpaired) electrons. The molecule has 2 aromatic heterocycles. The number of hydrogen-bond acceptors (Lipinski definition) is 6. The van der Waals surface area contributed by atoms with Crippen molar-refractivity contribution in [1.82, 2.24) is 15.1 Å². The van der Waals surface area contributed by atoms with Gasteiger partial charge in [0.25, 0.3) is 0 Å². The van der Waals surface area contributed by atoms with Gasteiger partial charge in [0.1, 0.15) is 5.82 Å². The number of anilines is 1. The molecular formula is C20H23N5O2. The highest BCUT2D eigenvalue weighted by Gasteiger charge is 2.28. The van der Waals surface area contributed by atoms with Crippen LogP contribution in [0.4, 0.5) is 5.82 Å². The lowest BCUT2D eigenvalue weighted by atomic mass is 9.97. The average Bonchev–Trinajstić information content (AvgIpc) is 3.18. The molecule has 1 saturated heterocycles. The molecule has 0 bridgehead atoms. The number of fused-ring (bicyclic) bond motifs is 1. The number of nitrogens with zero attached hydrogens (tertiary/aromatic N) is 4. The molecule has 7 heteroatoms. The van der Waals surface area contributed by atoms with Crippen LogP contribution in [0.1, 0.15) is 60.6 Å². The van der Waals surface area contributed by atoms with Crippen LogP contribution in [0.15, 0.2) is 34.9 Å². The van der Waals surface area contributed by atoms with Crippen molar-refractivity contribution in [1.29, 1.82) is 0 Å². The van der Waals surface area contributed by atoms with Gasteiger partial charge >= 0.3 is 0 Å². The van der Waals surface area contributed by atoms with E-state index in [0.29, 0.717) is 11.5 Å². The Morgan fingerprint density at radius 1 is 1.30 bits per heavy atom. The number of rotatable bonds is 4. The van der Waals surface area contributed by atoms with E-state index in [1.165, 1.54) is 0 Å². The highest BCUT2D eigenvalue weighted by Crippen LogP contribution is 2.31. The number of nitrogens with two attached hydrogens (primary N) is 1. The van der Waals surface area contributed by atoms with Gasteiger partial charge in [0, 0.05) is 24.4 Å². The highest BCUT2D eigenvalue weighted by atomic mass is 16.5. The van der Waals surface area contributed by atoms with E-state index < -0.39 is 5.91 Å². The summed E-state index contributed by atoms with van der Waals surface area (Å²) in [4.78, 5) is 23.4. The zero-order chi connectivity index (χ0) is 19.0. The minimum Gasteiger partial charge on any atom is -0.366 e. The maximum atomic E-state index is 11.9. The maximum Gasteiger partial charge on any atom is 0.249 e. The van der Waals surface area contributed by atoms with Crippen molar-refractivity contribution in [3.8, 4) is 0 Å². The van der Waals surface area contributed by atoms with Gasteiger partial charge in [0.05, 0.1) is 17.0 Å². The Balaban J connectivity index is 1.65. The molecule has 0 saturated carbocycles. The van der Waals surface area contributed by atoms with Crippen molar-refractivity contribution < 1.29 is 9.32 Å². The summed E-state index contributed by atoms with van der Waals surface area (Å²) < 4.78 is 5.50. The number of aromatic nitrogens is 3. The molecule has 1 atom stereocenters. The molecule has 3 heterocycles. The second-order valence-corrected chi connectivity index (χ2v) is 7.34. The van der Waals surface area contributed by atoms with E-state index in [4.69, 9.17) is 15.2 Å². The lowest BCUT2D eigenvalue weighted by molar-refractivity contribution is 0.100. The molecule has 1 aliphatic heterocycles. The summed E-state index contributed by atoms with van der Waals surface area (Å²) in [6.07, 6.45) is 1.98. The molecule has 27 heavy (non-hydrogen) atoms. The predicted molar refractivity (Wildman–Crippen MR) is 103 cm³/mol. The summed E-state index contributed by atoms with van der Waals surface area (Å²) in [7, 11) is 0. The molecule has 1 unspecified atom stereocenters. The number of carbonyl (C=O) groups excluding carboxylic acids is 1. The Kier molecular flexibility index (Phi) is 4.51. The van der Waals surface area contributed by atoms with Crippen molar-refractivity contribution in [2.24, 2.45) is 5.73 Å². The zero-order valence-electron chi connectivity index (χ0n) is 15.6. The number of carbonyl (C=O) groups is 1. The topological polar surface area (TPSA) is 98.1 Å². The number of para-hydroxylation sites is 1. The second-order valence-electron chi connectivity index (χ2n) is 7.34. The Hall–Kier alpha value is -2.96. The molecule has 0 spiro atoms. The average molecular weight is 365 g/mol. The first-order valence-corrected chi connectivity index (χ1v) is 9.31. The van der Waals surface area contributed by atoms with E-state index in [1.54, 1.807) is 6.07 Å². The fourth-order valence-electron chi connectivity index (χ4n) is 3.56. The Labute approximate surface area is 157 Å². The number of amides is 1. The van der Waals surface area contributed by atoms with Crippen molar-refractivity contribution in [2.75, 3.05) is 18.0 Å². The molecule has 0 aliphatic carbocycles. The van der Waals surface area contributed by atoms with Crippen LogP contribution in [0.2, 0.25) is 0 Å². The van der Waals surface area contributed by atoms with Gasteiger partial charge in [-0.3, -0.25) is 4.79 Å². The van der Waals surface area contributed by atoms with Gasteiger partial charge in [-0.05, 0) is 25.0 Å². The first kappa shape index (κ1) is 17.5. The third-order valence-corrected chi connectivity index (χ3v) is 5.04. The van der Waals surface area contributed by atoms with Gasteiger partial charge in [0.15, 0.2) is 5.82 Å². The van der Waals surface area contributed by atoms with Crippen molar-refractivity contribution in [2.45, 2.75) is 38.5 Å². The van der Waals surface area contributed by atoms with Gasteiger partial charge < -0.3 is 15.2 Å². The standard InChI is InChI=1S/C20H23N5O2/c1-12(2)19-23-20(27-24-19)13-6-5-9-25(11-13)17-10-15(18(21)26)14-7-3-4-8-16(14)22-17/h3-4,7-8,10,12-13H,5-6,9,11H2,1-2H3,(H2,21,26). The molecule has 7 nitrogen and oxygen atoms in total. The van der Waals surface area contributed by atoms with E-state index in [-0.39, 0.29) is 11.8 Å². The molecule has 1 aliphatic rings. The van der Waals surface area contributed by atoms with E-state index >= 15 is 0 Å². The van der Waals surface area contributed by atoms with Crippen LogP contribution >= 0.6 is 0 Å². The van der Waals surface area contributed by atoms with E-state index in [2.05, 4.69) is 15.0 Å². The fraction of sp³-hybridized carbons (Fsp3) is 0.400. The van der Waals surface area contributed by atoms with Gasteiger partial charge in [0.2, 0.25) is 11.8 Å². The first-order chi connectivity index (χ1) is 13.0. The molecule has 3 aromatic rings. The van der Waals surface area contributed by atoms with Crippen LogP contribution in [0, 0.1) is 0 Å². The number of benzene rings is 1. The van der Waals surface area contributed by atoms with Gasteiger partial charge in [-0.15, -0.1) is 0 Å². The van der Waals surface area contributed by atoms with Crippen LogP contribution in [-0.4, -0.2) is 34.1 Å². The Bertz CT molecular complexity index is 981. The SMILES string of the molecule is CC(C)c1noc(C2CCCN(c3cc(C(N)=O)c4ccccc4n3)C2)n1. The summed E-state index contributed by atoms with van der Waals surface area (Å²) in [5.74, 6) is 2.13. The molecular weight excluding hydrogens is 342 g/mol. The van der Waals surface area contributed by atoms with E-state index in [1.807, 2.05) is 38.1 Å². The summed E-state index contributed by atoms with van der Waals surface area (Å²) in [6, 6.07) is 9.36. The monoisotopic (exact) mass is 365 g/mol. The fourth-order valence-corrected chi connectivity index (χ4v) is 3.56. The Morgan fingerprint density at radius 3 is 2.85 bits per heavy atom. The number of pyridine rings is 1. The highest BCUT2D eigenvalue weighted by molar-refractivity contribution is 6.06. The van der Waals surface area contributed by atoms with Crippen LogP contribution in [0.5, 0.6) is 0 Å². The lowest BCUT2D eigenvalue weighted by Gasteiger charge is -2.32. The largest absolute Gasteiger partial charge is 0.366 e. The van der Waals surface area contributed by atoms with Crippen LogP contribution in [-0.2, 0) is 0 Å². The smallest absolute Gasteiger partial charge is 0.249 e.